The normalized spacial score (nSPS) is 15.5. The molecule has 1 aliphatic rings. The van der Waals surface area contributed by atoms with Crippen molar-refractivity contribution in [2.75, 3.05) is 13.2 Å². The van der Waals surface area contributed by atoms with Crippen molar-refractivity contribution in [3.63, 3.8) is 0 Å². The number of ether oxygens (including phenoxy) is 1. The number of benzene rings is 1. The highest BCUT2D eigenvalue weighted by Crippen LogP contribution is 2.30. The number of allylic oxidation sites excluding steroid dienone is 1. The minimum absolute atomic E-state index is 0.0358. The van der Waals surface area contributed by atoms with Gasteiger partial charge in [-0.2, -0.15) is 5.10 Å². The second kappa shape index (κ2) is 8.37. The maximum Gasteiger partial charge on any atom is 0.259 e. The number of nitrogens with one attached hydrogen (secondary N) is 3. The average Bonchev–Trinajstić information content (AvgIpc) is 3.13. The van der Waals surface area contributed by atoms with E-state index < -0.39 is 22.9 Å². The van der Waals surface area contributed by atoms with Crippen LogP contribution in [0.4, 0.5) is 8.78 Å². The van der Waals surface area contributed by atoms with Crippen LogP contribution in [0.3, 0.4) is 0 Å². The van der Waals surface area contributed by atoms with Crippen LogP contribution in [-0.2, 0) is 4.74 Å². The first kappa shape index (κ1) is 20.2. The summed E-state index contributed by atoms with van der Waals surface area (Å²) in [5, 5.41) is 15.4. The van der Waals surface area contributed by atoms with Gasteiger partial charge in [-0.3, -0.25) is 4.79 Å². The summed E-state index contributed by atoms with van der Waals surface area (Å²) in [7, 11) is 0. The Balaban J connectivity index is 1.91. The fraction of sp³-hybridized carbons (Fsp3) is 0.250. The summed E-state index contributed by atoms with van der Waals surface area (Å²) in [6.07, 6.45) is 5.43. The Labute approximate surface area is 174 Å². The maximum atomic E-state index is 14.5. The second-order valence-corrected chi connectivity index (χ2v) is 7.22. The molecule has 10 heteroatoms. The molecule has 7 nitrogen and oxygen atoms in total. The van der Waals surface area contributed by atoms with Gasteiger partial charge in [0.1, 0.15) is 16.9 Å². The molecule has 0 radical (unpaired) electrons. The zero-order valence-electron chi connectivity index (χ0n) is 15.7. The molecule has 0 amide bonds. The molecular weight excluding hydrogens is 416 g/mol. The highest BCUT2D eigenvalue weighted by Gasteiger charge is 2.23. The van der Waals surface area contributed by atoms with Gasteiger partial charge < -0.3 is 20.4 Å². The number of aromatic amines is 1. The molecule has 2 aromatic heterocycles. The number of fused-ring (bicyclic) bond motifs is 1. The molecule has 1 fully saturated rings. The first-order valence-electron chi connectivity index (χ1n) is 9.30. The van der Waals surface area contributed by atoms with Crippen molar-refractivity contribution in [3.05, 3.63) is 63.3 Å². The summed E-state index contributed by atoms with van der Waals surface area (Å²) in [6.45, 7) is 1.26. The van der Waals surface area contributed by atoms with Gasteiger partial charge >= 0.3 is 0 Å². The quantitative estimate of drug-likeness (QED) is 0.537. The third-order valence-corrected chi connectivity index (χ3v) is 5.23. The fourth-order valence-corrected chi connectivity index (χ4v) is 3.66. The zero-order chi connectivity index (χ0) is 21.3. The van der Waals surface area contributed by atoms with Crippen molar-refractivity contribution < 1.29 is 13.5 Å². The zero-order valence-corrected chi connectivity index (χ0v) is 16.5. The Morgan fingerprint density at radius 3 is 2.70 bits per heavy atom. The molecule has 3 aromatic rings. The second-order valence-electron chi connectivity index (χ2n) is 6.82. The average molecular weight is 434 g/mol. The Kier molecular flexibility index (Phi) is 5.65. The molecule has 3 heterocycles. The van der Waals surface area contributed by atoms with Crippen LogP contribution in [0.25, 0.3) is 22.2 Å². The number of H-pyrrole nitrogens is 1. The first-order chi connectivity index (χ1) is 14.5. The van der Waals surface area contributed by atoms with E-state index in [2.05, 4.69) is 15.4 Å². The lowest BCUT2D eigenvalue weighted by atomic mass is 10.1. The molecule has 0 unspecified atom stereocenters. The smallest absolute Gasteiger partial charge is 0.259 e. The Morgan fingerprint density at radius 2 is 2.03 bits per heavy atom. The van der Waals surface area contributed by atoms with E-state index in [-0.39, 0.29) is 33.2 Å². The molecule has 0 atom stereocenters. The van der Waals surface area contributed by atoms with E-state index in [0.717, 1.165) is 35.9 Å². The standard InChI is InChI=1S/C20H18ClF2N5O2/c21-13-10-26-20(29)16-17(11(8-24)9-25-12-4-6-30-7-5-12)27-28(18(13)16)19-14(22)2-1-3-15(19)23/h1-3,8-10,12,24-25H,4-7H2,(H,26,29)/b11-9+,24-8?. The van der Waals surface area contributed by atoms with E-state index in [4.69, 9.17) is 21.7 Å². The fourth-order valence-electron chi connectivity index (χ4n) is 3.43. The lowest BCUT2D eigenvalue weighted by Crippen LogP contribution is -2.31. The monoisotopic (exact) mass is 433 g/mol. The predicted molar refractivity (Wildman–Crippen MR) is 110 cm³/mol. The van der Waals surface area contributed by atoms with E-state index in [1.807, 2.05) is 0 Å². The van der Waals surface area contributed by atoms with Crippen molar-refractivity contribution in [2.24, 2.45) is 0 Å². The Bertz CT molecular complexity index is 1180. The van der Waals surface area contributed by atoms with Gasteiger partial charge in [0.2, 0.25) is 0 Å². The number of hydrogen-bond donors (Lipinski definition) is 3. The van der Waals surface area contributed by atoms with E-state index in [1.54, 1.807) is 6.20 Å². The van der Waals surface area contributed by atoms with Gasteiger partial charge in [0.15, 0.2) is 11.6 Å². The first-order valence-corrected chi connectivity index (χ1v) is 9.68. The van der Waals surface area contributed by atoms with Crippen molar-refractivity contribution in [1.82, 2.24) is 20.1 Å². The van der Waals surface area contributed by atoms with Crippen LogP contribution < -0.4 is 10.9 Å². The number of para-hydroxylation sites is 1. The van der Waals surface area contributed by atoms with Crippen molar-refractivity contribution >= 4 is 34.3 Å². The van der Waals surface area contributed by atoms with Gasteiger partial charge in [0.05, 0.1) is 10.4 Å². The van der Waals surface area contributed by atoms with E-state index in [9.17, 15) is 13.6 Å². The van der Waals surface area contributed by atoms with Crippen LogP contribution in [-0.4, -0.2) is 40.2 Å². The molecule has 156 valence electrons. The summed E-state index contributed by atoms with van der Waals surface area (Å²) in [4.78, 5) is 15.1. The molecule has 1 aliphatic heterocycles. The highest BCUT2D eigenvalue weighted by molar-refractivity contribution is 6.35. The lowest BCUT2D eigenvalue weighted by molar-refractivity contribution is 0.0812. The molecule has 1 saturated heterocycles. The number of aromatic nitrogens is 3. The number of rotatable bonds is 5. The Hall–Kier alpha value is -3.04. The summed E-state index contributed by atoms with van der Waals surface area (Å²) in [5.41, 5.74) is -0.576. The number of pyridine rings is 1. The number of hydrogen-bond acceptors (Lipinski definition) is 5. The minimum atomic E-state index is -0.858. The molecular formula is C20H18ClF2N5O2. The van der Waals surface area contributed by atoms with Crippen LogP contribution in [0.2, 0.25) is 5.02 Å². The van der Waals surface area contributed by atoms with Gasteiger partial charge in [-0.05, 0) is 25.0 Å². The summed E-state index contributed by atoms with van der Waals surface area (Å²) >= 11 is 6.27. The van der Waals surface area contributed by atoms with Crippen LogP contribution in [0.5, 0.6) is 0 Å². The van der Waals surface area contributed by atoms with E-state index in [1.165, 1.54) is 12.3 Å². The maximum absolute atomic E-state index is 14.5. The summed E-state index contributed by atoms with van der Waals surface area (Å²) in [6, 6.07) is 3.56. The predicted octanol–water partition coefficient (Wildman–Crippen LogP) is 3.40. The SMILES string of the molecule is N=C/C(=C\NC1CCOCC1)c1nn(-c2c(F)cccc2F)c2c(Cl)c[nH]c(=O)c12. The lowest BCUT2D eigenvalue weighted by Gasteiger charge is -2.22. The third-order valence-electron chi connectivity index (χ3n) is 4.94. The van der Waals surface area contributed by atoms with Crippen LogP contribution in [0.15, 0.2) is 35.4 Å². The van der Waals surface area contributed by atoms with Gasteiger partial charge in [-0.15, -0.1) is 0 Å². The topological polar surface area (TPSA) is 95.8 Å². The molecule has 0 bridgehead atoms. The van der Waals surface area contributed by atoms with Crippen LogP contribution >= 0.6 is 11.6 Å². The summed E-state index contributed by atoms with van der Waals surface area (Å²) in [5.74, 6) is -1.72. The highest BCUT2D eigenvalue weighted by atomic mass is 35.5. The summed E-state index contributed by atoms with van der Waals surface area (Å²) < 4.78 is 35.2. The van der Waals surface area contributed by atoms with Crippen molar-refractivity contribution in [3.8, 4) is 5.69 Å². The molecule has 3 N–H and O–H groups in total. The van der Waals surface area contributed by atoms with Crippen molar-refractivity contribution in [2.45, 2.75) is 18.9 Å². The van der Waals surface area contributed by atoms with E-state index in [0.29, 0.717) is 13.2 Å². The molecule has 0 spiro atoms. The van der Waals surface area contributed by atoms with Gasteiger partial charge in [0, 0.05) is 43.4 Å². The molecule has 30 heavy (non-hydrogen) atoms. The number of nitrogens with zero attached hydrogens (tertiary/aromatic N) is 2. The molecule has 0 saturated carbocycles. The molecule has 1 aromatic carbocycles. The van der Waals surface area contributed by atoms with Gasteiger partial charge in [-0.1, -0.05) is 17.7 Å². The van der Waals surface area contributed by atoms with E-state index >= 15 is 0 Å². The largest absolute Gasteiger partial charge is 0.387 e. The molecule has 4 rings (SSSR count). The minimum Gasteiger partial charge on any atom is -0.387 e. The van der Waals surface area contributed by atoms with Gasteiger partial charge in [0.25, 0.3) is 5.56 Å². The number of halogens is 3. The van der Waals surface area contributed by atoms with Crippen LogP contribution in [0, 0.1) is 17.0 Å². The van der Waals surface area contributed by atoms with Gasteiger partial charge in [-0.25, -0.2) is 13.5 Å². The molecule has 0 aliphatic carbocycles. The van der Waals surface area contributed by atoms with Crippen molar-refractivity contribution in [1.29, 1.82) is 5.41 Å². The Morgan fingerprint density at radius 1 is 1.33 bits per heavy atom. The third kappa shape index (κ3) is 3.61. The van der Waals surface area contributed by atoms with Crippen LogP contribution in [0.1, 0.15) is 18.5 Å².